The highest BCUT2D eigenvalue weighted by Crippen LogP contribution is 2.22. The van der Waals surface area contributed by atoms with Gasteiger partial charge in [0, 0.05) is 30.5 Å². The van der Waals surface area contributed by atoms with Crippen molar-refractivity contribution in [3.63, 3.8) is 0 Å². The Morgan fingerprint density at radius 3 is 2.86 bits per heavy atom. The van der Waals surface area contributed by atoms with E-state index in [-0.39, 0.29) is 5.91 Å². The van der Waals surface area contributed by atoms with Gasteiger partial charge in [-0.1, -0.05) is 23.7 Å². The number of aromatic nitrogens is 2. The number of imidazole rings is 1. The van der Waals surface area contributed by atoms with Crippen LogP contribution in [-0.4, -0.2) is 33.4 Å². The number of hydrogen-bond donors (Lipinski definition) is 0. The van der Waals surface area contributed by atoms with Gasteiger partial charge in [-0.3, -0.25) is 4.79 Å². The zero-order valence-electron chi connectivity index (χ0n) is 11.8. The molecule has 0 radical (unpaired) electrons. The summed E-state index contributed by atoms with van der Waals surface area (Å²) >= 11 is 5.87. The van der Waals surface area contributed by atoms with Crippen molar-refractivity contribution in [3.05, 3.63) is 53.6 Å². The summed E-state index contributed by atoms with van der Waals surface area (Å²) in [6.07, 6.45) is 8.16. The fourth-order valence-corrected chi connectivity index (χ4v) is 2.92. The van der Waals surface area contributed by atoms with E-state index in [1.807, 2.05) is 41.7 Å². The zero-order valence-corrected chi connectivity index (χ0v) is 12.5. The molecule has 1 atom stereocenters. The maximum Gasteiger partial charge on any atom is 0.227 e. The number of carbonyl (C=O) groups is 1. The van der Waals surface area contributed by atoms with Crippen LogP contribution in [0.3, 0.4) is 0 Å². The molecule has 0 aliphatic carbocycles. The van der Waals surface area contributed by atoms with Gasteiger partial charge in [0.15, 0.2) is 0 Å². The van der Waals surface area contributed by atoms with Crippen LogP contribution in [0.15, 0.2) is 43.0 Å². The second-order valence-corrected chi connectivity index (χ2v) is 5.89. The van der Waals surface area contributed by atoms with Crippen molar-refractivity contribution in [2.45, 2.75) is 25.3 Å². The van der Waals surface area contributed by atoms with Gasteiger partial charge in [-0.2, -0.15) is 0 Å². The summed E-state index contributed by atoms with van der Waals surface area (Å²) in [4.78, 5) is 18.5. The predicted molar refractivity (Wildman–Crippen MR) is 82.2 cm³/mol. The number of carbonyl (C=O) groups excluding carboxylic acids is 1. The van der Waals surface area contributed by atoms with Crippen molar-refractivity contribution in [3.8, 4) is 0 Å². The Kier molecular flexibility index (Phi) is 4.25. The Balaban J connectivity index is 1.63. The van der Waals surface area contributed by atoms with Crippen LogP contribution in [0.25, 0.3) is 0 Å². The van der Waals surface area contributed by atoms with Gasteiger partial charge >= 0.3 is 0 Å². The van der Waals surface area contributed by atoms with E-state index in [4.69, 9.17) is 11.6 Å². The van der Waals surface area contributed by atoms with E-state index in [1.165, 1.54) is 0 Å². The van der Waals surface area contributed by atoms with Gasteiger partial charge in [0.25, 0.3) is 0 Å². The summed E-state index contributed by atoms with van der Waals surface area (Å²) in [5.41, 5.74) is 1.01. The first-order chi connectivity index (χ1) is 10.2. The number of likely N-dealkylation sites (tertiary alicyclic amines) is 1. The van der Waals surface area contributed by atoms with E-state index in [0.29, 0.717) is 17.5 Å². The van der Waals surface area contributed by atoms with Crippen LogP contribution in [0.4, 0.5) is 0 Å². The minimum atomic E-state index is 0.183. The highest BCUT2D eigenvalue weighted by atomic mass is 35.5. The molecule has 1 fully saturated rings. The second-order valence-electron chi connectivity index (χ2n) is 5.45. The smallest absolute Gasteiger partial charge is 0.227 e. The van der Waals surface area contributed by atoms with Gasteiger partial charge in [-0.25, -0.2) is 4.98 Å². The summed E-state index contributed by atoms with van der Waals surface area (Å²) in [7, 11) is 0. The lowest BCUT2D eigenvalue weighted by Gasteiger charge is -2.33. The molecule has 2 heterocycles. The van der Waals surface area contributed by atoms with Crippen LogP contribution in [0, 0.1) is 0 Å². The van der Waals surface area contributed by atoms with Crippen LogP contribution in [-0.2, 0) is 11.2 Å². The molecule has 1 aliphatic rings. The molecule has 1 aromatic carbocycles. The van der Waals surface area contributed by atoms with Crippen molar-refractivity contribution in [1.29, 1.82) is 0 Å². The highest BCUT2D eigenvalue weighted by molar-refractivity contribution is 6.30. The molecule has 110 valence electrons. The molecular formula is C16H18ClN3O. The van der Waals surface area contributed by atoms with Crippen molar-refractivity contribution < 1.29 is 4.79 Å². The average molecular weight is 304 g/mol. The monoisotopic (exact) mass is 303 g/mol. The van der Waals surface area contributed by atoms with Crippen LogP contribution in [0.1, 0.15) is 24.4 Å². The van der Waals surface area contributed by atoms with Crippen molar-refractivity contribution in [1.82, 2.24) is 14.5 Å². The number of benzene rings is 1. The number of nitrogens with zero attached hydrogens (tertiary/aromatic N) is 3. The van der Waals surface area contributed by atoms with Crippen LogP contribution < -0.4 is 0 Å². The largest absolute Gasteiger partial charge is 0.340 e. The molecule has 21 heavy (non-hydrogen) atoms. The molecule has 5 heteroatoms. The molecular weight excluding hydrogens is 286 g/mol. The number of hydrogen-bond acceptors (Lipinski definition) is 2. The normalized spacial score (nSPS) is 18.7. The van der Waals surface area contributed by atoms with Gasteiger partial charge in [0.05, 0.1) is 18.8 Å². The van der Waals surface area contributed by atoms with Gasteiger partial charge in [-0.15, -0.1) is 0 Å². The van der Waals surface area contributed by atoms with Gasteiger partial charge in [0.1, 0.15) is 0 Å². The number of halogens is 1. The fraction of sp³-hybridized carbons (Fsp3) is 0.375. The van der Waals surface area contributed by atoms with Crippen LogP contribution >= 0.6 is 11.6 Å². The summed E-state index contributed by atoms with van der Waals surface area (Å²) < 4.78 is 2.10. The van der Waals surface area contributed by atoms with E-state index in [0.717, 1.165) is 31.5 Å². The number of piperidine rings is 1. The van der Waals surface area contributed by atoms with Gasteiger partial charge < -0.3 is 9.47 Å². The highest BCUT2D eigenvalue weighted by Gasteiger charge is 2.24. The van der Waals surface area contributed by atoms with Crippen molar-refractivity contribution in [2.75, 3.05) is 13.1 Å². The van der Waals surface area contributed by atoms with Gasteiger partial charge in [-0.05, 0) is 30.5 Å². The van der Waals surface area contributed by atoms with E-state index in [2.05, 4.69) is 9.55 Å². The number of amides is 1. The molecule has 1 aliphatic heterocycles. The maximum absolute atomic E-state index is 12.4. The summed E-state index contributed by atoms with van der Waals surface area (Å²) in [6.45, 7) is 1.61. The van der Waals surface area contributed by atoms with Crippen LogP contribution in [0.5, 0.6) is 0 Å². The Bertz CT molecular complexity index is 594. The third-order valence-corrected chi connectivity index (χ3v) is 4.22. The quantitative estimate of drug-likeness (QED) is 0.874. The van der Waals surface area contributed by atoms with E-state index >= 15 is 0 Å². The third kappa shape index (κ3) is 3.45. The fourth-order valence-electron chi connectivity index (χ4n) is 2.80. The lowest BCUT2D eigenvalue weighted by molar-refractivity contribution is -0.132. The van der Waals surface area contributed by atoms with E-state index in [9.17, 15) is 4.79 Å². The number of rotatable bonds is 3. The van der Waals surface area contributed by atoms with E-state index in [1.54, 1.807) is 6.20 Å². The Labute approximate surface area is 129 Å². The summed E-state index contributed by atoms with van der Waals surface area (Å²) in [5.74, 6) is 0.183. The Morgan fingerprint density at radius 2 is 2.14 bits per heavy atom. The lowest BCUT2D eigenvalue weighted by atomic mass is 10.0. The van der Waals surface area contributed by atoms with Gasteiger partial charge in [0.2, 0.25) is 5.91 Å². The predicted octanol–water partition coefficient (Wildman–Crippen LogP) is 2.94. The van der Waals surface area contributed by atoms with Crippen molar-refractivity contribution >= 4 is 17.5 Å². The van der Waals surface area contributed by atoms with Crippen molar-refractivity contribution in [2.24, 2.45) is 0 Å². The first-order valence-electron chi connectivity index (χ1n) is 7.22. The summed E-state index contributed by atoms with van der Waals surface area (Å²) in [6, 6.07) is 7.83. The first kappa shape index (κ1) is 14.1. The molecule has 1 saturated heterocycles. The zero-order chi connectivity index (χ0) is 14.7. The molecule has 0 saturated carbocycles. The Hall–Kier alpha value is -1.81. The minimum Gasteiger partial charge on any atom is -0.340 e. The van der Waals surface area contributed by atoms with Crippen LogP contribution in [0.2, 0.25) is 5.02 Å². The molecule has 1 aromatic heterocycles. The molecule has 1 amide bonds. The maximum atomic E-state index is 12.4. The summed E-state index contributed by atoms with van der Waals surface area (Å²) in [5, 5.41) is 0.698. The Morgan fingerprint density at radius 1 is 1.33 bits per heavy atom. The third-order valence-electron chi connectivity index (χ3n) is 3.96. The molecule has 4 nitrogen and oxygen atoms in total. The molecule has 1 unspecified atom stereocenters. The lowest BCUT2D eigenvalue weighted by Crippen LogP contribution is -2.41. The minimum absolute atomic E-state index is 0.183. The second kappa shape index (κ2) is 6.31. The molecule has 0 bridgehead atoms. The molecule has 0 N–H and O–H groups in total. The average Bonchev–Trinajstić information content (AvgIpc) is 3.04. The first-order valence-corrected chi connectivity index (χ1v) is 7.60. The molecule has 2 aromatic rings. The molecule has 0 spiro atoms. The molecule has 3 rings (SSSR count). The SMILES string of the molecule is O=C(Cc1ccc(Cl)cc1)N1CCCC(n2ccnc2)C1. The van der Waals surface area contributed by atoms with E-state index < -0.39 is 0 Å². The standard InChI is InChI=1S/C16H18ClN3O/c17-14-5-3-13(4-6-14)10-16(21)19-8-1-2-15(11-19)20-9-7-18-12-20/h3-7,9,12,15H,1-2,8,10-11H2. The topological polar surface area (TPSA) is 38.1 Å².